The van der Waals surface area contributed by atoms with Gasteiger partial charge in [-0.3, -0.25) is 9.79 Å². The highest BCUT2D eigenvalue weighted by atomic mass is 32.2. The van der Waals surface area contributed by atoms with Gasteiger partial charge in [0.05, 0.1) is 0 Å². The fourth-order valence-electron chi connectivity index (χ4n) is 4.33. The molecule has 1 aliphatic rings. The number of hydrogen-bond acceptors (Lipinski definition) is 7. The summed E-state index contributed by atoms with van der Waals surface area (Å²) >= 11 is 1.49. The Kier molecular flexibility index (Phi) is 13.8. The molecule has 9 nitrogen and oxygen atoms in total. The first-order valence-electron chi connectivity index (χ1n) is 14.9. The number of amidine groups is 1. The number of alkyl carbamates (subject to hydrolysis) is 1. The SMILES string of the molecule is CSC(=NCCC[C@H](NC(=O)OC(C)(C)C)C(=O)N[C@@H](CC1=CC=CCC1C)C(=O)OC(C)(C)C)Nc1cccc(C)c1. The molecular formula is C33H50N4O5S. The van der Waals surface area contributed by atoms with E-state index in [0.29, 0.717) is 25.8 Å². The Balaban J connectivity index is 2.18. The Hall–Kier alpha value is -3.27. The summed E-state index contributed by atoms with van der Waals surface area (Å²) in [7, 11) is 0. The third-order valence-corrected chi connectivity index (χ3v) is 7.01. The van der Waals surface area contributed by atoms with E-state index in [-0.39, 0.29) is 5.92 Å². The van der Waals surface area contributed by atoms with E-state index in [0.717, 1.165) is 28.4 Å². The number of carbonyl (C=O) groups is 3. The highest BCUT2D eigenvalue weighted by Crippen LogP contribution is 2.25. The smallest absolute Gasteiger partial charge is 0.408 e. The molecule has 238 valence electrons. The van der Waals surface area contributed by atoms with Gasteiger partial charge in [0.1, 0.15) is 23.3 Å². The van der Waals surface area contributed by atoms with Gasteiger partial charge in [0.15, 0.2) is 5.17 Å². The van der Waals surface area contributed by atoms with E-state index in [2.05, 4.69) is 33.9 Å². The first-order chi connectivity index (χ1) is 20.1. The number of allylic oxidation sites excluding steroid dienone is 3. The maximum Gasteiger partial charge on any atom is 0.408 e. The molecule has 1 unspecified atom stereocenters. The van der Waals surface area contributed by atoms with Gasteiger partial charge in [-0.1, -0.05) is 54.6 Å². The van der Waals surface area contributed by atoms with Crippen molar-refractivity contribution in [2.45, 2.75) is 104 Å². The topological polar surface area (TPSA) is 118 Å². The van der Waals surface area contributed by atoms with E-state index in [1.54, 1.807) is 41.5 Å². The van der Waals surface area contributed by atoms with Crippen LogP contribution < -0.4 is 16.0 Å². The number of nitrogens with one attached hydrogen (secondary N) is 3. The highest BCUT2D eigenvalue weighted by molar-refractivity contribution is 8.13. The van der Waals surface area contributed by atoms with Crippen molar-refractivity contribution in [1.29, 1.82) is 0 Å². The van der Waals surface area contributed by atoms with Crippen molar-refractivity contribution < 1.29 is 23.9 Å². The van der Waals surface area contributed by atoms with Gasteiger partial charge in [0, 0.05) is 12.2 Å². The number of hydrogen-bond donors (Lipinski definition) is 3. The van der Waals surface area contributed by atoms with Crippen LogP contribution in [0.1, 0.15) is 79.7 Å². The minimum atomic E-state index is -0.935. The van der Waals surface area contributed by atoms with E-state index >= 15 is 0 Å². The van der Waals surface area contributed by atoms with Gasteiger partial charge >= 0.3 is 12.1 Å². The molecule has 1 aromatic carbocycles. The van der Waals surface area contributed by atoms with Crippen LogP contribution >= 0.6 is 11.8 Å². The maximum atomic E-state index is 13.6. The molecular weight excluding hydrogens is 564 g/mol. The van der Waals surface area contributed by atoms with Gasteiger partial charge in [0.25, 0.3) is 0 Å². The molecule has 0 heterocycles. The number of aliphatic imine (C=N–C) groups is 1. The fourth-order valence-corrected chi connectivity index (χ4v) is 4.77. The minimum absolute atomic E-state index is 0.236. The van der Waals surface area contributed by atoms with Crippen LogP contribution in [0.25, 0.3) is 0 Å². The molecule has 0 radical (unpaired) electrons. The van der Waals surface area contributed by atoms with Crippen LogP contribution in [-0.2, 0) is 19.1 Å². The zero-order valence-corrected chi connectivity index (χ0v) is 28.0. The normalized spacial score (nSPS) is 16.9. The molecule has 0 aromatic heterocycles. The van der Waals surface area contributed by atoms with E-state index in [4.69, 9.17) is 9.47 Å². The van der Waals surface area contributed by atoms with Gasteiger partial charge in [-0.05, 0) is 104 Å². The molecule has 10 heteroatoms. The zero-order chi connectivity index (χ0) is 32.2. The summed E-state index contributed by atoms with van der Waals surface area (Å²) in [6, 6.07) is 6.18. The fraction of sp³-hybridized carbons (Fsp3) is 0.576. The molecule has 0 spiro atoms. The third kappa shape index (κ3) is 14.2. The van der Waals surface area contributed by atoms with E-state index in [1.807, 2.05) is 49.6 Å². The molecule has 2 rings (SSSR count). The monoisotopic (exact) mass is 614 g/mol. The molecule has 43 heavy (non-hydrogen) atoms. The second-order valence-electron chi connectivity index (χ2n) is 12.8. The molecule has 0 aliphatic heterocycles. The number of aryl methyl sites for hydroxylation is 1. The molecule has 3 N–H and O–H groups in total. The number of thioether (sulfide) groups is 1. The van der Waals surface area contributed by atoms with Crippen molar-refractivity contribution in [1.82, 2.24) is 10.6 Å². The predicted molar refractivity (Wildman–Crippen MR) is 176 cm³/mol. The Labute approximate surface area is 261 Å². The second-order valence-corrected chi connectivity index (χ2v) is 13.6. The first kappa shape index (κ1) is 35.9. The standard InChI is InChI=1S/C33H50N4O5S/c1-22-14-12-17-25(20-22)35-30(43-9)34-19-13-18-26(37-31(40)42-33(6,7)8)28(38)36-27(29(39)41-32(3,4)5)21-24-16-11-10-15-23(24)2/h10-12,14,16-17,20,23,26-27H,13,15,18-19,21H2,1-9H3,(H,34,35)(H,36,38)(H,37,40)/t23?,26-,27-/m0/s1. The Morgan fingerprint density at radius 1 is 1.05 bits per heavy atom. The predicted octanol–water partition coefficient (Wildman–Crippen LogP) is 6.54. The lowest BCUT2D eigenvalue weighted by Gasteiger charge is -2.28. The highest BCUT2D eigenvalue weighted by Gasteiger charge is 2.32. The molecule has 1 aliphatic carbocycles. The molecule has 2 amide bonds. The van der Waals surface area contributed by atoms with Crippen molar-refractivity contribution in [2.24, 2.45) is 10.9 Å². The van der Waals surface area contributed by atoms with E-state index in [1.165, 1.54) is 11.8 Å². The van der Waals surface area contributed by atoms with Gasteiger partial charge in [-0.25, -0.2) is 9.59 Å². The average Bonchev–Trinajstić information content (AvgIpc) is 2.88. The van der Waals surface area contributed by atoms with Crippen molar-refractivity contribution in [3.05, 3.63) is 53.6 Å². The van der Waals surface area contributed by atoms with Gasteiger partial charge in [-0.15, -0.1) is 0 Å². The summed E-state index contributed by atoms with van der Waals surface area (Å²) in [5, 5.41) is 9.65. The number of benzene rings is 1. The van der Waals surface area contributed by atoms with Crippen LogP contribution in [0.15, 0.2) is 53.1 Å². The number of esters is 1. The number of ether oxygens (including phenoxy) is 2. The number of amides is 2. The molecule has 0 bridgehead atoms. The minimum Gasteiger partial charge on any atom is -0.458 e. The summed E-state index contributed by atoms with van der Waals surface area (Å²) < 4.78 is 11.1. The van der Waals surface area contributed by atoms with E-state index in [9.17, 15) is 14.4 Å². The van der Waals surface area contributed by atoms with Crippen LogP contribution in [0.2, 0.25) is 0 Å². The van der Waals surface area contributed by atoms with Gasteiger partial charge in [-0.2, -0.15) is 0 Å². The van der Waals surface area contributed by atoms with E-state index < -0.39 is 41.3 Å². The lowest BCUT2D eigenvalue weighted by Crippen LogP contribution is -2.53. The molecule has 3 atom stereocenters. The lowest BCUT2D eigenvalue weighted by molar-refractivity contribution is -0.158. The molecule has 0 saturated carbocycles. The van der Waals surface area contributed by atoms with Crippen LogP contribution in [0, 0.1) is 12.8 Å². The quantitative estimate of drug-likeness (QED) is 0.112. The van der Waals surface area contributed by atoms with Crippen LogP contribution in [-0.4, -0.2) is 59.2 Å². The largest absolute Gasteiger partial charge is 0.458 e. The number of carbonyl (C=O) groups excluding carboxylic acids is 3. The summed E-state index contributed by atoms with van der Waals surface area (Å²) in [6.07, 6.45) is 9.26. The number of anilines is 1. The van der Waals surface area contributed by atoms with Gasteiger partial charge < -0.3 is 25.4 Å². The van der Waals surface area contributed by atoms with Crippen molar-refractivity contribution in [3.8, 4) is 0 Å². The number of rotatable bonds is 11. The number of nitrogens with zero attached hydrogens (tertiary/aromatic N) is 1. The second kappa shape index (κ2) is 16.5. The summed E-state index contributed by atoms with van der Waals surface area (Å²) in [5.74, 6) is -0.760. The molecule has 1 aromatic rings. The average molecular weight is 615 g/mol. The molecule has 0 saturated heterocycles. The zero-order valence-electron chi connectivity index (χ0n) is 27.2. The Morgan fingerprint density at radius 3 is 2.35 bits per heavy atom. The van der Waals surface area contributed by atoms with Crippen LogP contribution in [0.3, 0.4) is 0 Å². The molecule has 0 fully saturated rings. The van der Waals surface area contributed by atoms with Crippen LogP contribution in [0.4, 0.5) is 10.5 Å². The first-order valence-corrected chi connectivity index (χ1v) is 16.1. The maximum absolute atomic E-state index is 13.6. The summed E-state index contributed by atoms with van der Waals surface area (Å²) in [4.78, 5) is 44.2. The van der Waals surface area contributed by atoms with Crippen LogP contribution in [0.5, 0.6) is 0 Å². The lowest BCUT2D eigenvalue weighted by atomic mass is 9.88. The Bertz CT molecular complexity index is 1200. The van der Waals surface area contributed by atoms with Crippen molar-refractivity contribution >= 4 is 40.6 Å². The van der Waals surface area contributed by atoms with Gasteiger partial charge in [0.2, 0.25) is 5.91 Å². The Morgan fingerprint density at radius 2 is 1.74 bits per heavy atom. The van der Waals surface area contributed by atoms with Crippen molar-refractivity contribution in [2.75, 3.05) is 18.1 Å². The third-order valence-electron chi connectivity index (χ3n) is 6.39. The summed E-state index contributed by atoms with van der Waals surface area (Å²) in [5.41, 5.74) is 1.68. The summed E-state index contributed by atoms with van der Waals surface area (Å²) in [6.45, 7) is 15.2. The van der Waals surface area contributed by atoms with Crippen molar-refractivity contribution in [3.63, 3.8) is 0 Å².